The van der Waals surface area contributed by atoms with Gasteiger partial charge in [0.15, 0.2) is 0 Å². The normalized spacial score (nSPS) is 29.1. The Balaban J connectivity index is 2.59. The first kappa shape index (κ1) is 12.5. The van der Waals surface area contributed by atoms with Gasteiger partial charge in [0.2, 0.25) is 0 Å². The first-order valence-electron chi connectivity index (χ1n) is 5.80. The fourth-order valence-corrected chi connectivity index (χ4v) is 2.18. The molecule has 1 N–H and O–H groups in total. The third kappa shape index (κ3) is 3.20. The lowest BCUT2D eigenvalue weighted by atomic mass is 9.88. The number of nitrogens with zero attached hydrogens (tertiary/aromatic N) is 1. The number of hydrogen-bond donors (Lipinski definition) is 1. The first-order valence-corrected chi connectivity index (χ1v) is 5.80. The zero-order valence-corrected chi connectivity index (χ0v) is 10.3. The molecule has 0 aromatic rings. The van der Waals surface area contributed by atoms with Crippen molar-refractivity contribution in [3.05, 3.63) is 0 Å². The van der Waals surface area contributed by atoms with Crippen molar-refractivity contribution in [1.82, 2.24) is 4.90 Å². The Morgan fingerprint density at radius 3 is 2.53 bits per heavy atom. The lowest BCUT2D eigenvalue weighted by Crippen LogP contribution is -2.47. The van der Waals surface area contributed by atoms with E-state index in [0.29, 0.717) is 18.5 Å². The molecule has 1 fully saturated rings. The summed E-state index contributed by atoms with van der Waals surface area (Å²) in [4.78, 5) is 13.4. The van der Waals surface area contributed by atoms with Crippen LogP contribution in [0, 0.1) is 11.3 Å². The third-order valence-corrected chi connectivity index (χ3v) is 3.42. The molecule has 1 rings (SSSR count). The van der Waals surface area contributed by atoms with Gasteiger partial charge in [0.25, 0.3) is 0 Å². The van der Waals surface area contributed by atoms with Gasteiger partial charge in [-0.1, -0.05) is 6.92 Å². The summed E-state index contributed by atoms with van der Waals surface area (Å²) in [6, 6.07) is 0.528. The van der Waals surface area contributed by atoms with Gasteiger partial charge in [0.1, 0.15) is 0 Å². The standard InChI is InChI=1S/C12H23NO2/c1-9-5-6-10(2)13(7-9)8-12(3,4)11(14)15/h9-10H,5-8H2,1-4H3,(H,14,15). The molecule has 0 saturated carbocycles. The van der Waals surface area contributed by atoms with E-state index >= 15 is 0 Å². The van der Waals surface area contributed by atoms with Crippen molar-refractivity contribution in [2.75, 3.05) is 13.1 Å². The van der Waals surface area contributed by atoms with Crippen molar-refractivity contribution >= 4 is 5.97 Å². The molecule has 1 aliphatic heterocycles. The van der Waals surface area contributed by atoms with Gasteiger partial charge in [-0.05, 0) is 39.5 Å². The summed E-state index contributed by atoms with van der Waals surface area (Å²) in [6.45, 7) is 9.75. The lowest BCUT2D eigenvalue weighted by Gasteiger charge is -2.40. The molecule has 0 bridgehead atoms. The van der Waals surface area contributed by atoms with E-state index in [4.69, 9.17) is 5.11 Å². The molecule has 0 amide bonds. The smallest absolute Gasteiger partial charge is 0.310 e. The van der Waals surface area contributed by atoms with Crippen molar-refractivity contribution in [2.24, 2.45) is 11.3 Å². The monoisotopic (exact) mass is 213 g/mol. The van der Waals surface area contributed by atoms with Crippen LogP contribution >= 0.6 is 0 Å². The van der Waals surface area contributed by atoms with Crippen LogP contribution in [-0.2, 0) is 4.79 Å². The highest BCUT2D eigenvalue weighted by molar-refractivity contribution is 5.73. The molecule has 1 saturated heterocycles. The van der Waals surface area contributed by atoms with Crippen LogP contribution in [0.4, 0.5) is 0 Å². The number of carboxylic acids is 1. The Kier molecular flexibility index (Phi) is 3.77. The van der Waals surface area contributed by atoms with Gasteiger partial charge in [0.05, 0.1) is 5.41 Å². The summed E-state index contributed by atoms with van der Waals surface area (Å²) in [7, 11) is 0. The molecule has 0 aliphatic carbocycles. The van der Waals surface area contributed by atoms with Crippen molar-refractivity contribution in [2.45, 2.75) is 46.6 Å². The van der Waals surface area contributed by atoms with Crippen LogP contribution in [-0.4, -0.2) is 35.1 Å². The molecule has 2 unspecified atom stereocenters. The van der Waals surface area contributed by atoms with E-state index in [1.165, 1.54) is 12.8 Å². The van der Waals surface area contributed by atoms with Crippen LogP contribution in [0.5, 0.6) is 0 Å². The minimum Gasteiger partial charge on any atom is -0.481 e. The van der Waals surface area contributed by atoms with Crippen LogP contribution in [0.1, 0.15) is 40.5 Å². The molecule has 2 atom stereocenters. The number of likely N-dealkylation sites (tertiary alicyclic amines) is 1. The topological polar surface area (TPSA) is 40.5 Å². The molecular weight excluding hydrogens is 190 g/mol. The van der Waals surface area contributed by atoms with Gasteiger partial charge in [-0.25, -0.2) is 0 Å². The second-order valence-corrected chi connectivity index (χ2v) is 5.65. The molecule has 1 aliphatic rings. The Morgan fingerprint density at radius 1 is 1.40 bits per heavy atom. The van der Waals surface area contributed by atoms with E-state index in [-0.39, 0.29) is 0 Å². The molecule has 15 heavy (non-hydrogen) atoms. The summed E-state index contributed by atoms with van der Waals surface area (Å²) < 4.78 is 0. The summed E-state index contributed by atoms with van der Waals surface area (Å²) in [6.07, 6.45) is 2.46. The highest BCUT2D eigenvalue weighted by Gasteiger charge is 2.33. The summed E-state index contributed by atoms with van der Waals surface area (Å²) in [5, 5.41) is 9.10. The van der Waals surface area contributed by atoms with E-state index in [9.17, 15) is 4.79 Å². The minimum atomic E-state index is -0.701. The minimum absolute atomic E-state index is 0.528. The average Bonchev–Trinajstić information content (AvgIpc) is 2.10. The molecule has 0 radical (unpaired) electrons. The van der Waals surface area contributed by atoms with Gasteiger partial charge in [0, 0.05) is 19.1 Å². The largest absolute Gasteiger partial charge is 0.481 e. The fourth-order valence-electron chi connectivity index (χ4n) is 2.18. The fraction of sp³-hybridized carbons (Fsp3) is 0.917. The second kappa shape index (κ2) is 4.52. The van der Waals surface area contributed by atoms with Crippen LogP contribution in [0.15, 0.2) is 0 Å². The molecule has 0 aromatic carbocycles. The molecule has 0 aromatic heterocycles. The Bertz CT molecular complexity index is 238. The maximum atomic E-state index is 11.1. The summed E-state index contributed by atoms with van der Waals surface area (Å²) in [5.74, 6) is -0.00118. The quantitative estimate of drug-likeness (QED) is 0.781. The SMILES string of the molecule is CC1CCC(C)N(CC(C)(C)C(=O)O)C1. The number of carbonyl (C=O) groups is 1. The Labute approximate surface area is 92.5 Å². The summed E-state index contributed by atoms with van der Waals surface area (Å²) in [5.41, 5.74) is -0.634. The van der Waals surface area contributed by atoms with E-state index in [1.54, 1.807) is 13.8 Å². The summed E-state index contributed by atoms with van der Waals surface area (Å²) >= 11 is 0. The Hall–Kier alpha value is -0.570. The second-order valence-electron chi connectivity index (χ2n) is 5.65. The first-order chi connectivity index (χ1) is 6.83. The molecule has 3 heteroatoms. The van der Waals surface area contributed by atoms with Gasteiger partial charge in [-0.15, -0.1) is 0 Å². The number of carboxylic acid groups (broad SMARTS) is 1. The maximum Gasteiger partial charge on any atom is 0.310 e. The van der Waals surface area contributed by atoms with Crippen LogP contribution in [0.2, 0.25) is 0 Å². The molecule has 3 nitrogen and oxygen atoms in total. The zero-order valence-electron chi connectivity index (χ0n) is 10.3. The van der Waals surface area contributed by atoms with E-state index < -0.39 is 11.4 Å². The number of aliphatic carboxylic acids is 1. The lowest BCUT2D eigenvalue weighted by molar-refractivity contribution is -0.148. The molecular formula is C12H23NO2. The van der Waals surface area contributed by atoms with E-state index in [0.717, 1.165) is 6.54 Å². The molecule has 1 heterocycles. The maximum absolute atomic E-state index is 11.1. The number of rotatable bonds is 3. The average molecular weight is 213 g/mol. The van der Waals surface area contributed by atoms with Gasteiger partial charge < -0.3 is 5.11 Å². The van der Waals surface area contributed by atoms with Crippen LogP contribution < -0.4 is 0 Å². The van der Waals surface area contributed by atoms with Gasteiger partial charge in [-0.3, -0.25) is 9.69 Å². The van der Waals surface area contributed by atoms with Crippen molar-refractivity contribution in [1.29, 1.82) is 0 Å². The van der Waals surface area contributed by atoms with Crippen LogP contribution in [0.3, 0.4) is 0 Å². The zero-order chi connectivity index (χ0) is 11.6. The number of piperidine rings is 1. The van der Waals surface area contributed by atoms with E-state index in [2.05, 4.69) is 18.7 Å². The van der Waals surface area contributed by atoms with Crippen molar-refractivity contribution < 1.29 is 9.90 Å². The number of hydrogen-bond acceptors (Lipinski definition) is 2. The molecule has 88 valence electrons. The van der Waals surface area contributed by atoms with Crippen molar-refractivity contribution in [3.8, 4) is 0 Å². The highest BCUT2D eigenvalue weighted by atomic mass is 16.4. The van der Waals surface area contributed by atoms with Gasteiger partial charge >= 0.3 is 5.97 Å². The third-order valence-electron chi connectivity index (χ3n) is 3.42. The Morgan fingerprint density at radius 2 is 2.00 bits per heavy atom. The van der Waals surface area contributed by atoms with Crippen LogP contribution in [0.25, 0.3) is 0 Å². The van der Waals surface area contributed by atoms with Gasteiger partial charge in [-0.2, -0.15) is 0 Å². The predicted molar refractivity (Wildman–Crippen MR) is 60.8 cm³/mol. The van der Waals surface area contributed by atoms with E-state index in [1.807, 2.05) is 0 Å². The van der Waals surface area contributed by atoms with Crippen molar-refractivity contribution in [3.63, 3.8) is 0 Å². The highest BCUT2D eigenvalue weighted by Crippen LogP contribution is 2.26. The predicted octanol–water partition coefficient (Wildman–Crippen LogP) is 2.22. The molecule has 0 spiro atoms.